The second-order valence-corrected chi connectivity index (χ2v) is 5.80. The van der Waals surface area contributed by atoms with Crippen molar-refractivity contribution >= 4 is 11.6 Å². The Kier molecular flexibility index (Phi) is 6.05. The number of halogens is 1. The maximum atomic E-state index is 13.7. The minimum absolute atomic E-state index is 0.130. The maximum Gasteiger partial charge on any atom is 0.255 e. The predicted molar refractivity (Wildman–Crippen MR) is 103 cm³/mol. The first-order valence-electron chi connectivity index (χ1n) is 8.67. The molecule has 27 heavy (non-hydrogen) atoms. The van der Waals surface area contributed by atoms with Crippen molar-refractivity contribution in [3.8, 4) is 11.5 Å². The number of carbonyl (C=O) groups is 1. The number of carbonyl (C=O) groups excluding carboxylic acids is 1. The second kappa shape index (κ2) is 8.85. The van der Waals surface area contributed by atoms with E-state index in [1.807, 2.05) is 37.3 Å². The Labute approximate surface area is 157 Å². The molecule has 0 saturated heterocycles. The van der Waals surface area contributed by atoms with Gasteiger partial charge in [0.1, 0.15) is 12.4 Å². The Morgan fingerprint density at radius 1 is 0.926 bits per heavy atom. The minimum atomic E-state index is -0.487. The van der Waals surface area contributed by atoms with Crippen LogP contribution in [0, 0.1) is 5.82 Å². The predicted octanol–water partition coefficient (Wildman–Crippen LogP) is 5.06. The number of amides is 1. The van der Waals surface area contributed by atoms with Gasteiger partial charge in [-0.25, -0.2) is 4.39 Å². The number of hydrogen-bond acceptors (Lipinski definition) is 3. The van der Waals surface area contributed by atoms with Crippen molar-refractivity contribution in [2.45, 2.75) is 13.5 Å². The van der Waals surface area contributed by atoms with Gasteiger partial charge in [-0.05, 0) is 42.8 Å². The Morgan fingerprint density at radius 2 is 1.67 bits per heavy atom. The Balaban J connectivity index is 1.76. The number of anilines is 1. The van der Waals surface area contributed by atoms with Crippen LogP contribution in [0.2, 0.25) is 0 Å². The summed E-state index contributed by atoms with van der Waals surface area (Å²) in [6, 6.07) is 20.7. The Bertz CT molecular complexity index is 912. The lowest BCUT2D eigenvalue weighted by Gasteiger charge is -2.14. The minimum Gasteiger partial charge on any atom is -0.490 e. The van der Waals surface area contributed by atoms with Gasteiger partial charge in [-0.15, -0.1) is 0 Å². The van der Waals surface area contributed by atoms with Crippen LogP contribution in [0.4, 0.5) is 10.1 Å². The van der Waals surface area contributed by atoms with Crippen LogP contribution in [-0.2, 0) is 6.61 Å². The third-order valence-electron chi connectivity index (χ3n) is 3.86. The molecule has 4 nitrogen and oxygen atoms in total. The number of para-hydroxylation sites is 1. The van der Waals surface area contributed by atoms with Gasteiger partial charge in [-0.2, -0.15) is 0 Å². The molecule has 3 rings (SSSR count). The van der Waals surface area contributed by atoms with Crippen molar-refractivity contribution in [1.82, 2.24) is 0 Å². The maximum absolute atomic E-state index is 13.7. The highest BCUT2D eigenvalue weighted by Crippen LogP contribution is 2.29. The van der Waals surface area contributed by atoms with Crippen LogP contribution in [0.15, 0.2) is 72.8 Å². The highest BCUT2D eigenvalue weighted by molar-refractivity contribution is 6.04. The van der Waals surface area contributed by atoms with Crippen LogP contribution in [0.25, 0.3) is 0 Å². The lowest BCUT2D eigenvalue weighted by molar-refractivity contribution is 0.102. The van der Waals surface area contributed by atoms with E-state index < -0.39 is 11.7 Å². The van der Waals surface area contributed by atoms with Crippen LogP contribution in [0.5, 0.6) is 11.5 Å². The van der Waals surface area contributed by atoms with Gasteiger partial charge < -0.3 is 14.8 Å². The summed E-state index contributed by atoms with van der Waals surface area (Å²) < 4.78 is 25.2. The molecular formula is C22H20FNO3. The smallest absolute Gasteiger partial charge is 0.255 e. The molecule has 0 aliphatic rings. The van der Waals surface area contributed by atoms with Crippen molar-refractivity contribution in [2.24, 2.45) is 0 Å². The van der Waals surface area contributed by atoms with E-state index in [1.54, 1.807) is 30.3 Å². The first-order chi connectivity index (χ1) is 13.2. The number of rotatable bonds is 7. The molecule has 138 valence electrons. The number of nitrogens with one attached hydrogen (secondary N) is 1. The van der Waals surface area contributed by atoms with Gasteiger partial charge in [0.2, 0.25) is 0 Å². The first kappa shape index (κ1) is 18.5. The van der Waals surface area contributed by atoms with Crippen LogP contribution in [0.1, 0.15) is 22.8 Å². The molecule has 0 spiro atoms. The molecule has 5 heteroatoms. The molecule has 0 aliphatic heterocycles. The summed E-state index contributed by atoms with van der Waals surface area (Å²) in [6.07, 6.45) is 0. The van der Waals surface area contributed by atoms with E-state index in [0.29, 0.717) is 30.3 Å². The molecule has 0 atom stereocenters. The zero-order valence-electron chi connectivity index (χ0n) is 14.9. The van der Waals surface area contributed by atoms with Gasteiger partial charge in [-0.1, -0.05) is 42.5 Å². The van der Waals surface area contributed by atoms with Crippen molar-refractivity contribution in [3.05, 3.63) is 89.7 Å². The summed E-state index contributed by atoms with van der Waals surface area (Å²) >= 11 is 0. The molecule has 0 aromatic heterocycles. The monoisotopic (exact) mass is 365 g/mol. The fourth-order valence-corrected chi connectivity index (χ4v) is 2.53. The molecule has 1 N–H and O–H groups in total. The molecule has 1 amide bonds. The summed E-state index contributed by atoms with van der Waals surface area (Å²) in [5, 5.41) is 2.56. The average Bonchev–Trinajstić information content (AvgIpc) is 2.69. The van der Waals surface area contributed by atoms with E-state index in [9.17, 15) is 9.18 Å². The fourth-order valence-electron chi connectivity index (χ4n) is 2.53. The molecule has 0 radical (unpaired) electrons. The van der Waals surface area contributed by atoms with Crippen LogP contribution >= 0.6 is 0 Å². The summed E-state index contributed by atoms with van der Waals surface area (Å²) in [5.41, 5.74) is 1.51. The third-order valence-corrected chi connectivity index (χ3v) is 3.86. The van der Waals surface area contributed by atoms with Crippen molar-refractivity contribution in [2.75, 3.05) is 11.9 Å². The fraction of sp³-hybridized carbons (Fsp3) is 0.136. The number of ether oxygens (including phenoxy) is 2. The van der Waals surface area contributed by atoms with Crippen LogP contribution in [0.3, 0.4) is 0 Å². The zero-order valence-corrected chi connectivity index (χ0v) is 14.9. The molecule has 0 unspecified atom stereocenters. The summed E-state index contributed by atoms with van der Waals surface area (Å²) in [7, 11) is 0. The van der Waals surface area contributed by atoms with E-state index in [0.717, 1.165) is 5.56 Å². The zero-order chi connectivity index (χ0) is 19.1. The van der Waals surface area contributed by atoms with Crippen LogP contribution < -0.4 is 14.8 Å². The lowest BCUT2D eigenvalue weighted by Crippen LogP contribution is -2.13. The quantitative estimate of drug-likeness (QED) is 0.637. The molecular weight excluding hydrogens is 345 g/mol. The topological polar surface area (TPSA) is 47.6 Å². The Hall–Kier alpha value is -3.34. The van der Waals surface area contributed by atoms with E-state index in [2.05, 4.69) is 5.32 Å². The largest absolute Gasteiger partial charge is 0.490 e. The van der Waals surface area contributed by atoms with Crippen molar-refractivity contribution < 1.29 is 18.7 Å². The summed E-state index contributed by atoms with van der Waals surface area (Å²) in [6.45, 7) is 2.68. The summed E-state index contributed by atoms with van der Waals surface area (Å²) in [4.78, 5) is 12.4. The average molecular weight is 365 g/mol. The highest BCUT2D eigenvalue weighted by atomic mass is 19.1. The third kappa shape index (κ3) is 4.85. The number of hydrogen-bond donors (Lipinski definition) is 1. The van der Waals surface area contributed by atoms with Gasteiger partial charge in [0, 0.05) is 5.56 Å². The van der Waals surface area contributed by atoms with Gasteiger partial charge in [0.05, 0.1) is 12.3 Å². The van der Waals surface area contributed by atoms with Gasteiger partial charge in [0.15, 0.2) is 11.5 Å². The van der Waals surface area contributed by atoms with Gasteiger partial charge in [0.25, 0.3) is 5.91 Å². The van der Waals surface area contributed by atoms with E-state index in [1.165, 1.54) is 12.1 Å². The number of benzene rings is 3. The van der Waals surface area contributed by atoms with Crippen LogP contribution in [-0.4, -0.2) is 12.5 Å². The molecule has 0 aliphatic carbocycles. The molecule has 3 aromatic rings. The first-order valence-corrected chi connectivity index (χ1v) is 8.67. The van der Waals surface area contributed by atoms with Gasteiger partial charge >= 0.3 is 0 Å². The highest BCUT2D eigenvalue weighted by Gasteiger charge is 2.13. The van der Waals surface area contributed by atoms with Gasteiger partial charge in [-0.3, -0.25) is 4.79 Å². The lowest BCUT2D eigenvalue weighted by atomic mass is 10.1. The SMILES string of the molecule is CCOc1cc(C(=O)Nc2ccccc2F)ccc1OCc1ccccc1. The van der Waals surface area contributed by atoms with E-state index >= 15 is 0 Å². The molecule has 0 saturated carbocycles. The van der Waals surface area contributed by atoms with Crippen molar-refractivity contribution in [3.63, 3.8) is 0 Å². The van der Waals surface area contributed by atoms with E-state index in [-0.39, 0.29) is 5.69 Å². The molecule has 3 aromatic carbocycles. The molecule has 0 heterocycles. The Morgan fingerprint density at radius 3 is 2.41 bits per heavy atom. The van der Waals surface area contributed by atoms with E-state index in [4.69, 9.17) is 9.47 Å². The second-order valence-electron chi connectivity index (χ2n) is 5.80. The normalized spacial score (nSPS) is 10.3. The molecule has 0 fully saturated rings. The standard InChI is InChI=1S/C22H20FNO3/c1-2-26-21-14-17(22(25)24-19-11-7-6-10-18(19)23)12-13-20(21)27-15-16-8-4-3-5-9-16/h3-14H,2,15H2,1H3,(H,24,25). The molecule has 0 bridgehead atoms. The summed E-state index contributed by atoms with van der Waals surface area (Å²) in [5.74, 6) is 0.104. The van der Waals surface area contributed by atoms with Crippen molar-refractivity contribution in [1.29, 1.82) is 0 Å².